The number of pyridine rings is 1. The van der Waals surface area contributed by atoms with Gasteiger partial charge in [0.15, 0.2) is 0 Å². The third-order valence-corrected chi connectivity index (χ3v) is 5.31. The van der Waals surface area contributed by atoms with Crippen molar-refractivity contribution in [3.63, 3.8) is 0 Å². The number of nitrogens with zero attached hydrogens (tertiary/aromatic N) is 1. The van der Waals surface area contributed by atoms with Crippen molar-refractivity contribution in [3.05, 3.63) is 94.1 Å². The molecule has 1 heterocycles. The summed E-state index contributed by atoms with van der Waals surface area (Å²) in [5, 5.41) is 5.84. The summed E-state index contributed by atoms with van der Waals surface area (Å²) in [6.07, 6.45) is 1.75. The van der Waals surface area contributed by atoms with E-state index in [4.69, 9.17) is 28.9 Å². The lowest BCUT2D eigenvalue weighted by Gasteiger charge is -2.12. The lowest BCUT2D eigenvalue weighted by atomic mass is 10.0. The molecule has 0 atom stereocenters. The molecule has 0 aliphatic carbocycles. The predicted molar refractivity (Wildman–Crippen MR) is 119 cm³/mol. The number of rotatable bonds is 4. The molecule has 0 fully saturated rings. The zero-order valence-corrected chi connectivity index (χ0v) is 16.8. The number of fused-ring (bicyclic) bond motifs is 1. The van der Waals surface area contributed by atoms with Gasteiger partial charge in [0.25, 0.3) is 5.91 Å². The molecule has 0 aliphatic rings. The van der Waals surface area contributed by atoms with Crippen molar-refractivity contribution in [1.29, 1.82) is 0 Å². The van der Waals surface area contributed by atoms with Crippen LogP contribution in [0.15, 0.2) is 72.9 Å². The summed E-state index contributed by atoms with van der Waals surface area (Å²) in [6, 6.07) is 20.4. The maximum absolute atomic E-state index is 12.7. The first-order chi connectivity index (χ1) is 14.1. The summed E-state index contributed by atoms with van der Waals surface area (Å²) in [7, 11) is 0. The minimum atomic E-state index is -0.308. The lowest BCUT2D eigenvalue weighted by molar-refractivity contribution is 0.102. The normalized spacial score (nSPS) is 10.9. The Morgan fingerprint density at radius 2 is 1.79 bits per heavy atom. The number of anilines is 1. The van der Waals surface area contributed by atoms with Gasteiger partial charge in [-0.05, 0) is 47.3 Å². The zero-order chi connectivity index (χ0) is 20.4. The third-order valence-electron chi connectivity index (χ3n) is 4.67. The topological polar surface area (TPSA) is 68.0 Å². The molecule has 1 aromatic heterocycles. The van der Waals surface area contributed by atoms with Gasteiger partial charge in [0, 0.05) is 29.4 Å². The fourth-order valence-electron chi connectivity index (χ4n) is 3.19. The summed E-state index contributed by atoms with van der Waals surface area (Å²) in [5.74, 6) is -0.308. The van der Waals surface area contributed by atoms with Crippen LogP contribution in [0, 0.1) is 0 Å². The van der Waals surface area contributed by atoms with Crippen molar-refractivity contribution in [2.24, 2.45) is 5.73 Å². The molecule has 0 spiro atoms. The van der Waals surface area contributed by atoms with Crippen LogP contribution < -0.4 is 11.1 Å². The molecule has 1 amide bonds. The van der Waals surface area contributed by atoms with Crippen molar-refractivity contribution >= 4 is 45.6 Å². The van der Waals surface area contributed by atoms with E-state index in [1.807, 2.05) is 36.4 Å². The number of aromatic nitrogens is 1. The van der Waals surface area contributed by atoms with Crippen LogP contribution in [0.5, 0.6) is 0 Å². The van der Waals surface area contributed by atoms with Gasteiger partial charge in [-0.15, -0.1) is 0 Å². The van der Waals surface area contributed by atoms with Crippen LogP contribution in [0.25, 0.3) is 22.0 Å². The quantitative estimate of drug-likeness (QED) is 0.429. The molecule has 29 heavy (non-hydrogen) atoms. The van der Waals surface area contributed by atoms with Crippen molar-refractivity contribution in [2.75, 3.05) is 5.32 Å². The summed E-state index contributed by atoms with van der Waals surface area (Å²) in [4.78, 5) is 17.2. The van der Waals surface area contributed by atoms with E-state index in [1.54, 1.807) is 36.5 Å². The van der Waals surface area contributed by atoms with Crippen LogP contribution in [0.1, 0.15) is 15.9 Å². The van der Waals surface area contributed by atoms with Gasteiger partial charge in [0.2, 0.25) is 0 Å². The smallest absolute Gasteiger partial charge is 0.257 e. The fourth-order valence-corrected chi connectivity index (χ4v) is 3.68. The Morgan fingerprint density at radius 1 is 0.966 bits per heavy atom. The number of nitrogens with one attached hydrogen (secondary N) is 1. The van der Waals surface area contributed by atoms with Gasteiger partial charge in [-0.25, -0.2) is 0 Å². The van der Waals surface area contributed by atoms with E-state index in [1.165, 1.54) is 0 Å². The first-order valence-electron chi connectivity index (χ1n) is 9.00. The van der Waals surface area contributed by atoms with Crippen LogP contribution in [-0.4, -0.2) is 10.9 Å². The molecule has 0 radical (unpaired) electrons. The summed E-state index contributed by atoms with van der Waals surface area (Å²) in [6.45, 7) is 0.361. The van der Waals surface area contributed by atoms with Crippen LogP contribution in [0.4, 0.5) is 5.69 Å². The van der Waals surface area contributed by atoms with Crippen LogP contribution in [0.3, 0.4) is 0 Å². The molecular formula is C23H17Cl2N3O. The standard InChI is InChI=1S/C23H17Cl2N3O/c24-20-8-6-16(28-23(29)18-7-5-14(13-26)11-21(18)25)12-19(20)22-17-4-2-1-3-15(17)9-10-27-22/h1-12H,13,26H2,(H,28,29). The van der Waals surface area contributed by atoms with Crippen LogP contribution in [-0.2, 0) is 6.54 Å². The molecule has 6 heteroatoms. The van der Waals surface area contributed by atoms with Gasteiger partial charge in [-0.2, -0.15) is 0 Å². The predicted octanol–water partition coefficient (Wildman–Crippen LogP) is 5.92. The van der Waals surface area contributed by atoms with Gasteiger partial charge in [0.1, 0.15) is 0 Å². The summed E-state index contributed by atoms with van der Waals surface area (Å²) in [5.41, 5.74) is 8.96. The van der Waals surface area contributed by atoms with Gasteiger partial charge >= 0.3 is 0 Å². The molecule has 0 aliphatic heterocycles. The summed E-state index contributed by atoms with van der Waals surface area (Å²) >= 11 is 12.7. The van der Waals surface area contributed by atoms with E-state index in [9.17, 15) is 4.79 Å². The number of halogens is 2. The second kappa shape index (κ2) is 8.21. The number of nitrogens with two attached hydrogens (primary N) is 1. The summed E-state index contributed by atoms with van der Waals surface area (Å²) < 4.78 is 0. The van der Waals surface area contributed by atoms with Gasteiger partial charge in [0.05, 0.1) is 21.3 Å². The molecule has 0 bridgehead atoms. The Balaban J connectivity index is 1.70. The molecular weight excluding hydrogens is 405 g/mol. The minimum Gasteiger partial charge on any atom is -0.326 e. The second-order valence-electron chi connectivity index (χ2n) is 6.55. The molecule has 3 N–H and O–H groups in total. The Hall–Kier alpha value is -2.92. The van der Waals surface area contributed by atoms with Crippen molar-refractivity contribution in [1.82, 2.24) is 4.98 Å². The lowest BCUT2D eigenvalue weighted by Crippen LogP contribution is -2.13. The third kappa shape index (κ3) is 3.96. The molecule has 144 valence electrons. The highest BCUT2D eigenvalue weighted by molar-refractivity contribution is 6.35. The Labute approximate surface area is 178 Å². The van der Waals surface area contributed by atoms with E-state index >= 15 is 0 Å². The van der Waals surface area contributed by atoms with Crippen molar-refractivity contribution < 1.29 is 4.79 Å². The van der Waals surface area contributed by atoms with E-state index in [0.29, 0.717) is 27.8 Å². The van der Waals surface area contributed by atoms with E-state index in [0.717, 1.165) is 27.6 Å². The molecule has 0 unspecified atom stereocenters. The highest BCUT2D eigenvalue weighted by Gasteiger charge is 2.14. The molecule has 4 aromatic rings. The number of hydrogen-bond acceptors (Lipinski definition) is 3. The van der Waals surface area contributed by atoms with Gasteiger partial charge in [-0.3, -0.25) is 9.78 Å². The fraction of sp³-hybridized carbons (Fsp3) is 0.0435. The molecule has 4 nitrogen and oxygen atoms in total. The number of hydrogen-bond donors (Lipinski definition) is 2. The maximum atomic E-state index is 12.7. The van der Waals surface area contributed by atoms with Crippen molar-refractivity contribution in [2.45, 2.75) is 6.54 Å². The van der Waals surface area contributed by atoms with E-state index in [-0.39, 0.29) is 5.91 Å². The minimum absolute atomic E-state index is 0.308. The number of benzene rings is 3. The van der Waals surface area contributed by atoms with Crippen LogP contribution in [0.2, 0.25) is 10.0 Å². The highest BCUT2D eigenvalue weighted by Crippen LogP contribution is 2.34. The number of carbonyl (C=O) groups excluding carboxylic acids is 1. The number of carbonyl (C=O) groups is 1. The Bertz CT molecular complexity index is 1220. The SMILES string of the molecule is NCc1ccc(C(=O)Nc2ccc(Cl)c(-c3nccc4ccccc34)c2)c(Cl)c1. The first-order valence-corrected chi connectivity index (χ1v) is 9.76. The largest absolute Gasteiger partial charge is 0.326 e. The number of amides is 1. The molecule has 3 aromatic carbocycles. The zero-order valence-electron chi connectivity index (χ0n) is 15.3. The average molecular weight is 422 g/mol. The van der Waals surface area contributed by atoms with Gasteiger partial charge < -0.3 is 11.1 Å². The Kier molecular flexibility index (Phi) is 5.49. The molecule has 4 rings (SSSR count). The van der Waals surface area contributed by atoms with E-state index in [2.05, 4.69) is 10.3 Å². The average Bonchev–Trinajstić information content (AvgIpc) is 2.74. The molecule has 0 saturated heterocycles. The Morgan fingerprint density at radius 3 is 2.59 bits per heavy atom. The van der Waals surface area contributed by atoms with Crippen LogP contribution >= 0.6 is 23.2 Å². The monoisotopic (exact) mass is 421 g/mol. The molecule has 0 saturated carbocycles. The van der Waals surface area contributed by atoms with Crippen molar-refractivity contribution in [3.8, 4) is 11.3 Å². The first kappa shape index (κ1) is 19.4. The van der Waals surface area contributed by atoms with Gasteiger partial charge in [-0.1, -0.05) is 53.5 Å². The van der Waals surface area contributed by atoms with E-state index < -0.39 is 0 Å². The second-order valence-corrected chi connectivity index (χ2v) is 7.36. The maximum Gasteiger partial charge on any atom is 0.257 e. The highest BCUT2D eigenvalue weighted by atomic mass is 35.5.